The maximum Gasteiger partial charge on any atom is 0.344 e. The molecule has 0 aliphatic carbocycles. The number of ketones is 1. The number of esters is 1. The summed E-state index contributed by atoms with van der Waals surface area (Å²) in [7, 11) is 0. The molecule has 1 atom stereocenters. The van der Waals surface area contributed by atoms with E-state index in [9.17, 15) is 14.4 Å². The van der Waals surface area contributed by atoms with Crippen LogP contribution in [-0.4, -0.2) is 35.9 Å². The minimum absolute atomic E-state index is 0.120. The number of carbonyl (C=O) groups is 3. The molecule has 0 saturated heterocycles. The zero-order valence-electron chi connectivity index (χ0n) is 14.8. The largest absolute Gasteiger partial charge is 0.482 e. The average Bonchev–Trinajstić information content (AvgIpc) is 2.42. The number of rotatable bonds is 7. The van der Waals surface area contributed by atoms with Gasteiger partial charge >= 0.3 is 5.97 Å². The molecule has 1 rings (SSSR count). The molecule has 0 aliphatic heterocycles. The van der Waals surface area contributed by atoms with Crippen molar-refractivity contribution in [1.29, 1.82) is 0 Å². The molecular weight excluding hydrogens is 310 g/mol. The fourth-order valence-corrected chi connectivity index (χ4v) is 2.05. The molecule has 1 amide bonds. The topological polar surface area (TPSA) is 81.7 Å². The van der Waals surface area contributed by atoms with Crippen molar-refractivity contribution in [3.05, 3.63) is 29.8 Å². The van der Waals surface area contributed by atoms with Crippen LogP contribution in [0.15, 0.2) is 24.3 Å². The summed E-state index contributed by atoms with van der Waals surface area (Å²) in [4.78, 5) is 34.4. The van der Waals surface area contributed by atoms with Gasteiger partial charge in [0.15, 0.2) is 12.4 Å². The van der Waals surface area contributed by atoms with Crippen LogP contribution < -0.4 is 10.1 Å². The van der Waals surface area contributed by atoms with Crippen LogP contribution in [0.3, 0.4) is 0 Å². The molecule has 0 fully saturated rings. The van der Waals surface area contributed by atoms with Gasteiger partial charge in [0.25, 0.3) is 0 Å². The summed E-state index contributed by atoms with van der Waals surface area (Å²) in [5.41, 5.74) is 0.265. The van der Waals surface area contributed by atoms with Crippen molar-refractivity contribution in [3.63, 3.8) is 0 Å². The number of Topliss-reactive ketones (excluding diaryl/α,β-unsaturated/α-hetero) is 1. The fraction of sp³-hybridized carbons (Fsp3) is 0.500. The number of carbonyl (C=O) groups excluding carboxylic acids is 3. The van der Waals surface area contributed by atoms with Crippen LogP contribution in [0.4, 0.5) is 0 Å². The summed E-state index contributed by atoms with van der Waals surface area (Å²) in [5, 5.41) is 2.62. The molecule has 0 bridgehead atoms. The van der Waals surface area contributed by atoms with Crippen LogP contribution in [0, 0.1) is 0 Å². The molecule has 1 aromatic rings. The number of hydrogen-bond donors (Lipinski definition) is 1. The van der Waals surface area contributed by atoms with Crippen LogP contribution in [-0.2, 0) is 25.5 Å². The molecule has 1 unspecified atom stereocenters. The molecule has 1 aromatic carbocycles. The monoisotopic (exact) mass is 335 g/mol. The first-order valence-electron chi connectivity index (χ1n) is 7.78. The standard InChI is InChI=1S/C18H25NO5/c1-12(20)16(19-13(2)21)10-14-7-6-8-15(9-14)23-11-17(22)24-18(3,4)5/h6-9,16H,10-11H2,1-5H3,(H,19,21). The minimum Gasteiger partial charge on any atom is -0.482 e. The Morgan fingerprint density at radius 2 is 1.83 bits per heavy atom. The second-order valence-corrected chi connectivity index (χ2v) is 6.59. The molecule has 0 aromatic heterocycles. The average molecular weight is 335 g/mol. The van der Waals surface area contributed by atoms with Gasteiger partial charge in [0.2, 0.25) is 5.91 Å². The van der Waals surface area contributed by atoms with Gasteiger partial charge in [0.1, 0.15) is 11.4 Å². The Bertz CT molecular complexity index is 604. The van der Waals surface area contributed by atoms with Gasteiger partial charge in [0.05, 0.1) is 6.04 Å². The van der Waals surface area contributed by atoms with Crippen molar-refractivity contribution in [2.45, 2.75) is 52.7 Å². The molecule has 0 aliphatic rings. The maximum atomic E-state index is 11.7. The van der Waals surface area contributed by atoms with Crippen molar-refractivity contribution < 1.29 is 23.9 Å². The Kier molecular flexibility index (Phi) is 6.95. The second kappa shape index (κ2) is 8.47. The summed E-state index contributed by atoms with van der Waals surface area (Å²) in [5.74, 6) is -0.325. The van der Waals surface area contributed by atoms with Crippen LogP contribution >= 0.6 is 0 Å². The molecule has 0 heterocycles. The summed E-state index contributed by atoms with van der Waals surface area (Å²) in [6, 6.07) is 6.48. The predicted molar refractivity (Wildman–Crippen MR) is 89.8 cm³/mol. The van der Waals surface area contributed by atoms with Gasteiger partial charge in [-0.25, -0.2) is 4.79 Å². The first-order chi connectivity index (χ1) is 11.1. The molecule has 1 N–H and O–H groups in total. The van der Waals surface area contributed by atoms with Gasteiger partial charge < -0.3 is 14.8 Å². The van der Waals surface area contributed by atoms with E-state index in [0.29, 0.717) is 12.2 Å². The summed E-state index contributed by atoms with van der Waals surface area (Å²) in [6.07, 6.45) is 0.360. The maximum absolute atomic E-state index is 11.7. The second-order valence-electron chi connectivity index (χ2n) is 6.59. The highest BCUT2D eigenvalue weighted by atomic mass is 16.6. The van der Waals surface area contributed by atoms with E-state index in [4.69, 9.17) is 9.47 Å². The lowest BCUT2D eigenvalue weighted by Gasteiger charge is -2.19. The Balaban J connectivity index is 2.67. The summed E-state index contributed by atoms with van der Waals surface area (Å²) >= 11 is 0. The molecule has 132 valence electrons. The van der Waals surface area contributed by atoms with E-state index < -0.39 is 17.6 Å². The number of ether oxygens (including phenoxy) is 2. The SMILES string of the molecule is CC(=O)NC(Cc1cccc(OCC(=O)OC(C)(C)C)c1)C(C)=O. The number of amides is 1. The fourth-order valence-electron chi connectivity index (χ4n) is 2.05. The first kappa shape index (κ1) is 19.7. The highest BCUT2D eigenvalue weighted by Gasteiger charge is 2.18. The third-order valence-electron chi connectivity index (χ3n) is 2.98. The first-order valence-corrected chi connectivity index (χ1v) is 7.78. The van der Waals surface area contributed by atoms with E-state index in [2.05, 4.69) is 5.32 Å². The number of benzene rings is 1. The van der Waals surface area contributed by atoms with Crippen LogP contribution in [0.5, 0.6) is 5.75 Å². The smallest absolute Gasteiger partial charge is 0.344 e. The molecule has 6 nitrogen and oxygen atoms in total. The van der Waals surface area contributed by atoms with Crippen molar-refractivity contribution in [1.82, 2.24) is 5.32 Å². The third-order valence-corrected chi connectivity index (χ3v) is 2.98. The number of hydrogen-bond acceptors (Lipinski definition) is 5. The summed E-state index contributed by atoms with van der Waals surface area (Å²) < 4.78 is 10.6. The minimum atomic E-state index is -0.580. The van der Waals surface area contributed by atoms with Crippen LogP contribution in [0.1, 0.15) is 40.2 Å². The van der Waals surface area contributed by atoms with E-state index >= 15 is 0 Å². The van der Waals surface area contributed by atoms with Gasteiger partial charge in [-0.2, -0.15) is 0 Å². The lowest BCUT2D eigenvalue weighted by Crippen LogP contribution is -2.40. The van der Waals surface area contributed by atoms with Gasteiger partial charge in [-0.05, 0) is 51.8 Å². The van der Waals surface area contributed by atoms with Gasteiger partial charge in [-0.15, -0.1) is 0 Å². The van der Waals surface area contributed by atoms with Gasteiger partial charge in [0, 0.05) is 6.92 Å². The lowest BCUT2D eigenvalue weighted by molar-refractivity contribution is -0.157. The molecular formula is C18H25NO5. The van der Waals surface area contributed by atoms with Crippen LogP contribution in [0.2, 0.25) is 0 Å². The third kappa shape index (κ3) is 7.76. The van der Waals surface area contributed by atoms with Gasteiger partial charge in [-0.1, -0.05) is 12.1 Å². The van der Waals surface area contributed by atoms with Crippen molar-refractivity contribution in [2.24, 2.45) is 0 Å². The Morgan fingerprint density at radius 3 is 2.38 bits per heavy atom. The highest BCUT2D eigenvalue weighted by Crippen LogP contribution is 2.16. The summed E-state index contributed by atoms with van der Waals surface area (Å²) in [6.45, 7) is 7.97. The van der Waals surface area contributed by atoms with Crippen molar-refractivity contribution >= 4 is 17.7 Å². The van der Waals surface area contributed by atoms with E-state index in [-0.39, 0.29) is 18.3 Å². The normalized spacial score (nSPS) is 12.2. The molecule has 6 heteroatoms. The lowest BCUT2D eigenvalue weighted by atomic mass is 10.0. The molecule has 0 radical (unpaired) electrons. The zero-order chi connectivity index (χ0) is 18.3. The quantitative estimate of drug-likeness (QED) is 0.771. The van der Waals surface area contributed by atoms with Gasteiger partial charge in [-0.3, -0.25) is 9.59 Å². The number of nitrogens with one attached hydrogen (secondary N) is 1. The van der Waals surface area contributed by atoms with Crippen molar-refractivity contribution in [2.75, 3.05) is 6.61 Å². The van der Waals surface area contributed by atoms with E-state index in [1.165, 1.54) is 13.8 Å². The Hall–Kier alpha value is -2.37. The highest BCUT2D eigenvalue weighted by molar-refractivity contribution is 5.86. The molecule has 0 spiro atoms. The predicted octanol–water partition coefficient (Wildman–Crippen LogP) is 2.04. The molecule has 24 heavy (non-hydrogen) atoms. The Labute approximate surface area is 142 Å². The van der Waals surface area contributed by atoms with Crippen LogP contribution in [0.25, 0.3) is 0 Å². The molecule has 0 saturated carbocycles. The van der Waals surface area contributed by atoms with E-state index in [1.807, 2.05) is 6.07 Å². The van der Waals surface area contributed by atoms with E-state index in [0.717, 1.165) is 5.56 Å². The zero-order valence-corrected chi connectivity index (χ0v) is 14.8. The van der Waals surface area contributed by atoms with E-state index in [1.54, 1.807) is 39.0 Å². The Morgan fingerprint density at radius 1 is 1.17 bits per heavy atom. The van der Waals surface area contributed by atoms with Crippen molar-refractivity contribution in [3.8, 4) is 5.75 Å².